The summed E-state index contributed by atoms with van der Waals surface area (Å²) in [4.78, 5) is 14.3. The van der Waals surface area contributed by atoms with E-state index >= 15 is 0 Å². The maximum absolute atomic E-state index is 12.0. The Kier molecular flexibility index (Phi) is 6.17. The van der Waals surface area contributed by atoms with Crippen LogP contribution in [-0.4, -0.2) is 48.3 Å². The second-order valence-corrected chi connectivity index (χ2v) is 5.46. The molecule has 21 heavy (non-hydrogen) atoms. The van der Waals surface area contributed by atoms with E-state index in [4.69, 9.17) is 9.84 Å². The van der Waals surface area contributed by atoms with Crippen LogP contribution in [0.25, 0.3) is 0 Å². The van der Waals surface area contributed by atoms with Gasteiger partial charge < -0.3 is 15.2 Å². The van der Waals surface area contributed by atoms with Crippen molar-refractivity contribution in [2.24, 2.45) is 0 Å². The lowest BCUT2D eigenvalue weighted by Crippen LogP contribution is -2.44. The molecule has 1 aromatic carbocycles. The molecule has 1 fully saturated rings. The van der Waals surface area contributed by atoms with Gasteiger partial charge in [-0.15, -0.1) is 0 Å². The van der Waals surface area contributed by atoms with Crippen LogP contribution in [0.3, 0.4) is 0 Å². The van der Waals surface area contributed by atoms with Crippen molar-refractivity contribution >= 4 is 5.91 Å². The van der Waals surface area contributed by atoms with Crippen LogP contribution < -0.4 is 5.32 Å². The van der Waals surface area contributed by atoms with Gasteiger partial charge in [-0.05, 0) is 18.1 Å². The molecule has 1 aliphatic rings. The van der Waals surface area contributed by atoms with E-state index in [1.807, 2.05) is 24.3 Å². The van der Waals surface area contributed by atoms with E-state index in [2.05, 4.69) is 17.1 Å². The van der Waals surface area contributed by atoms with E-state index in [-0.39, 0.29) is 18.6 Å². The lowest BCUT2D eigenvalue weighted by Gasteiger charge is -2.31. The highest BCUT2D eigenvalue weighted by Gasteiger charge is 2.19. The molecule has 2 rings (SSSR count). The summed E-state index contributed by atoms with van der Waals surface area (Å²) in [7, 11) is 0. The van der Waals surface area contributed by atoms with E-state index in [1.54, 1.807) is 0 Å². The summed E-state index contributed by atoms with van der Waals surface area (Å²) in [5, 5.41) is 12.0. The van der Waals surface area contributed by atoms with Gasteiger partial charge in [0.25, 0.3) is 0 Å². The molecule has 0 unspecified atom stereocenters. The van der Waals surface area contributed by atoms with Gasteiger partial charge in [-0.2, -0.15) is 0 Å². The van der Waals surface area contributed by atoms with Crippen molar-refractivity contribution in [1.82, 2.24) is 10.2 Å². The van der Waals surface area contributed by atoms with Gasteiger partial charge in [0.1, 0.15) is 0 Å². The molecular formula is C16H24N2O3. The Bertz CT molecular complexity index is 459. The molecule has 1 aliphatic heterocycles. The summed E-state index contributed by atoms with van der Waals surface area (Å²) >= 11 is 0. The van der Waals surface area contributed by atoms with Crippen molar-refractivity contribution in [2.75, 3.05) is 26.3 Å². The van der Waals surface area contributed by atoms with Crippen LogP contribution in [0, 0.1) is 0 Å². The van der Waals surface area contributed by atoms with E-state index in [0.29, 0.717) is 13.0 Å². The summed E-state index contributed by atoms with van der Waals surface area (Å²) in [5.74, 6) is 0.0587. The molecule has 0 spiro atoms. The molecule has 0 bridgehead atoms. The number of carbonyl (C=O) groups is 1. The average molecular weight is 292 g/mol. The Morgan fingerprint density at radius 3 is 2.81 bits per heavy atom. The number of hydrogen-bond donors (Lipinski definition) is 2. The topological polar surface area (TPSA) is 61.8 Å². The van der Waals surface area contributed by atoms with Gasteiger partial charge in [0, 0.05) is 32.1 Å². The van der Waals surface area contributed by atoms with Crippen LogP contribution in [0.2, 0.25) is 0 Å². The number of aliphatic hydroxyl groups is 1. The van der Waals surface area contributed by atoms with E-state index in [0.717, 1.165) is 37.4 Å². The molecule has 5 heteroatoms. The fraction of sp³-hybridized carbons (Fsp3) is 0.562. The van der Waals surface area contributed by atoms with Crippen molar-refractivity contribution in [2.45, 2.75) is 32.5 Å². The van der Waals surface area contributed by atoms with Gasteiger partial charge in [-0.3, -0.25) is 9.69 Å². The molecule has 1 amide bonds. The highest BCUT2D eigenvalue weighted by atomic mass is 16.5. The molecular weight excluding hydrogens is 268 g/mol. The predicted molar refractivity (Wildman–Crippen MR) is 80.7 cm³/mol. The smallest absolute Gasteiger partial charge is 0.221 e. The summed E-state index contributed by atoms with van der Waals surface area (Å²) < 4.78 is 5.32. The first-order chi connectivity index (χ1) is 10.2. The minimum Gasteiger partial charge on any atom is -0.392 e. The molecule has 0 aliphatic carbocycles. The minimum absolute atomic E-state index is 0.0237. The molecule has 1 atom stereocenters. The van der Waals surface area contributed by atoms with Gasteiger partial charge in [0.05, 0.1) is 19.8 Å². The zero-order valence-corrected chi connectivity index (χ0v) is 12.5. The molecule has 0 aromatic heterocycles. The van der Waals surface area contributed by atoms with Crippen LogP contribution in [0.4, 0.5) is 0 Å². The van der Waals surface area contributed by atoms with Crippen LogP contribution in [0.15, 0.2) is 24.3 Å². The number of morpholine rings is 1. The summed E-state index contributed by atoms with van der Waals surface area (Å²) in [6.45, 7) is 5.90. The Morgan fingerprint density at radius 1 is 1.38 bits per heavy atom. The number of ether oxygens (including phenoxy) is 1. The Balaban J connectivity index is 1.75. The maximum atomic E-state index is 12.0. The highest BCUT2D eigenvalue weighted by Crippen LogP contribution is 2.08. The van der Waals surface area contributed by atoms with Crippen LogP contribution in [-0.2, 0) is 22.7 Å². The first-order valence-electron chi connectivity index (χ1n) is 7.46. The Hall–Kier alpha value is -1.43. The average Bonchev–Trinajstić information content (AvgIpc) is 2.54. The number of nitrogens with one attached hydrogen (secondary N) is 1. The molecule has 2 N–H and O–H groups in total. The Labute approximate surface area is 125 Å². The van der Waals surface area contributed by atoms with Crippen LogP contribution in [0.5, 0.6) is 0 Å². The molecule has 0 saturated carbocycles. The Morgan fingerprint density at radius 2 is 2.10 bits per heavy atom. The zero-order chi connectivity index (χ0) is 15.1. The quantitative estimate of drug-likeness (QED) is 0.818. The lowest BCUT2D eigenvalue weighted by molar-refractivity contribution is -0.122. The molecule has 5 nitrogen and oxygen atoms in total. The van der Waals surface area contributed by atoms with Gasteiger partial charge in [0.2, 0.25) is 5.91 Å². The SMILES string of the molecule is C[C@H](CC(=O)NCc1cccc(CO)c1)N1CCOCC1. The number of amides is 1. The first-order valence-corrected chi connectivity index (χ1v) is 7.46. The zero-order valence-electron chi connectivity index (χ0n) is 12.5. The molecule has 116 valence electrons. The van der Waals surface area contributed by atoms with Crippen molar-refractivity contribution in [3.63, 3.8) is 0 Å². The highest BCUT2D eigenvalue weighted by molar-refractivity contribution is 5.76. The van der Waals surface area contributed by atoms with Crippen molar-refractivity contribution in [3.8, 4) is 0 Å². The number of hydrogen-bond acceptors (Lipinski definition) is 4. The largest absolute Gasteiger partial charge is 0.392 e. The molecule has 1 saturated heterocycles. The minimum atomic E-state index is 0.0237. The monoisotopic (exact) mass is 292 g/mol. The molecule has 0 radical (unpaired) electrons. The summed E-state index contributed by atoms with van der Waals surface area (Å²) in [6, 6.07) is 7.85. The predicted octanol–water partition coefficient (Wildman–Crippen LogP) is 0.906. The van der Waals surface area contributed by atoms with Crippen molar-refractivity contribution in [3.05, 3.63) is 35.4 Å². The third kappa shape index (κ3) is 5.12. The molecule has 1 heterocycles. The van der Waals surface area contributed by atoms with E-state index < -0.39 is 0 Å². The van der Waals surface area contributed by atoms with E-state index in [1.165, 1.54) is 0 Å². The van der Waals surface area contributed by atoms with Crippen molar-refractivity contribution < 1.29 is 14.6 Å². The standard InChI is InChI=1S/C16H24N2O3/c1-13(18-5-7-21-8-6-18)9-16(20)17-11-14-3-2-4-15(10-14)12-19/h2-4,10,13,19H,5-9,11-12H2,1H3,(H,17,20)/t13-/m1/s1. The van der Waals surface area contributed by atoms with Gasteiger partial charge in [0.15, 0.2) is 0 Å². The molecule has 1 aromatic rings. The third-order valence-electron chi connectivity index (χ3n) is 3.81. The van der Waals surface area contributed by atoms with Crippen LogP contribution >= 0.6 is 0 Å². The number of rotatable bonds is 6. The normalized spacial score (nSPS) is 17.4. The van der Waals surface area contributed by atoms with Gasteiger partial charge in [-0.25, -0.2) is 0 Å². The lowest BCUT2D eigenvalue weighted by atomic mass is 10.1. The maximum Gasteiger partial charge on any atom is 0.221 e. The van der Waals surface area contributed by atoms with Gasteiger partial charge in [-0.1, -0.05) is 24.3 Å². The second kappa shape index (κ2) is 8.12. The summed E-state index contributed by atoms with van der Waals surface area (Å²) in [6.07, 6.45) is 0.500. The number of carbonyl (C=O) groups excluding carboxylic acids is 1. The fourth-order valence-electron chi connectivity index (χ4n) is 2.53. The third-order valence-corrected chi connectivity index (χ3v) is 3.81. The van der Waals surface area contributed by atoms with Crippen LogP contribution in [0.1, 0.15) is 24.5 Å². The number of nitrogens with zero attached hydrogens (tertiary/aromatic N) is 1. The van der Waals surface area contributed by atoms with Gasteiger partial charge >= 0.3 is 0 Å². The fourth-order valence-corrected chi connectivity index (χ4v) is 2.53. The van der Waals surface area contributed by atoms with Crippen molar-refractivity contribution in [1.29, 1.82) is 0 Å². The number of aliphatic hydroxyl groups excluding tert-OH is 1. The number of benzene rings is 1. The first kappa shape index (κ1) is 15.9. The van der Waals surface area contributed by atoms with E-state index in [9.17, 15) is 4.79 Å². The second-order valence-electron chi connectivity index (χ2n) is 5.46. The summed E-state index contributed by atoms with van der Waals surface area (Å²) in [5.41, 5.74) is 1.87.